The van der Waals surface area contributed by atoms with E-state index in [1.165, 1.54) is 4.57 Å². The van der Waals surface area contributed by atoms with Crippen LogP contribution in [0.15, 0.2) is 18.2 Å². The quantitative estimate of drug-likeness (QED) is 0.893. The third kappa shape index (κ3) is 2.15. The Morgan fingerprint density at radius 2 is 2.24 bits per heavy atom. The fraction of sp³-hybridized carbons (Fsp3) is 0.364. The molecule has 0 bridgehead atoms. The van der Waals surface area contributed by atoms with Crippen LogP contribution < -0.4 is 10.5 Å². The van der Waals surface area contributed by atoms with Crippen molar-refractivity contribution in [1.82, 2.24) is 9.55 Å². The second kappa shape index (κ2) is 4.57. The van der Waals surface area contributed by atoms with Crippen LogP contribution in [0.4, 0.5) is 14.7 Å². The Morgan fingerprint density at radius 1 is 1.47 bits per heavy atom. The zero-order chi connectivity index (χ0) is 12.4. The molecule has 0 aliphatic heterocycles. The molecule has 17 heavy (non-hydrogen) atoms. The van der Waals surface area contributed by atoms with Gasteiger partial charge in [-0.25, -0.2) is 13.8 Å². The normalized spacial score (nSPS) is 11.3. The number of halogens is 2. The van der Waals surface area contributed by atoms with E-state index < -0.39 is 13.0 Å². The van der Waals surface area contributed by atoms with E-state index in [1.54, 1.807) is 18.2 Å². The van der Waals surface area contributed by atoms with Crippen molar-refractivity contribution in [2.75, 3.05) is 12.3 Å². The van der Waals surface area contributed by atoms with Gasteiger partial charge >= 0.3 is 0 Å². The maximum absolute atomic E-state index is 12.4. The lowest BCUT2D eigenvalue weighted by Crippen LogP contribution is -2.09. The number of benzene rings is 1. The Balaban J connectivity index is 2.54. The van der Waals surface area contributed by atoms with Crippen molar-refractivity contribution >= 4 is 17.0 Å². The molecule has 92 valence electrons. The number of anilines is 1. The highest BCUT2D eigenvalue weighted by molar-refractivity contribution is 5.84. The van der Waals surface area contributed by atoms with Crippen LogP contribution >= 0.6 is 0 Å². The number of fused-ring (bicyclic) bond motifs is 1. The topological polar surface area (TPSA) is 53.1 Å². The lowest BCUT2D eigenvalue weighted by atomic mass is 10.3. The lowest BCUT2D eigenvalue weighted by molar-refractivity contribution is 0.128. The van der Waals surface area contributed by atoms with Crippen LogP contribution in [0, 0.1) is 0 Å². The molecule has 2 rings (SSSR count). The number of hydrogen-bond donors (Lipinski definition) is 1. The SMILES string of the molecule is CCOc1cccc2c1nc(N)n2CC(F)F. The summed E-state index contributed by atoms with van der Waals surface area (Å²) in [7, 11) is 0. The first kappa shape index (κ1) is 11.6. The van der Waals surface area contributed by atoms with Crippen LogP contribution in [0.2, 0.25) is 0 Å². The van der Waals surface area contributed by atoms with Gasteiger partial charge in [-0.05, 0) is 19.1 Å². The molecule has 0 amide bonds. The average molecular weight is 241 g/mol. The summed E-state index contributed by atoms with van der Waals surface area (Å²) < 4.78 is 31.5. The van der Waals surface area contributed by atoms with Crippen molar-refractivity contribution in [3.8, 4) is 5.75 Å². The highest BCUT2D eigenvalue weighted by Crippen LogP contribution is 2.27. The molecule has 1 aromatic heterocycles. The maximum Gasteiger partial charge on any atom is 0.256 e. The Hall–Kier alpha value is -1.85. The van der Waals surface area contributed by atoms with E-state index in [-0.39, 0.29) is 5.95 Å². The third-order valence-electron chi connectivity index (χ3n) is 2.39. The molecule has 0 spiro atoms. The van der Waals surface area contributed by atoms with E-state index in [1.807, 2.05) is 6.92 Å². The summed E-state index contributed by atoms with van der Waals surface area (Å²) in [5, 5.41) is 0. The van der Waals surface area contributed by atoms with E-state index in [0.717, 1.165) is 0 Å². The van der Waals surface area contributed by atoms with Crippen molar-refractivity contribution in [3.05, 3.63) is 18.2 Å². The number of nitrogens with two attached hydrogens (primary N) is 1. The number of alkyl halides is 2. The summed E-state index contributed by atoms with van der Waals surface area (Å²) in [6.07, 6.45) is -2.47. The minimum absolute atomic E-state index is 0.0763. The Labute approximate surface area is 97.0 Å². The Morgan fingerprint density at radius 3 is 2.88 bits per heavy atom. The van der Waals surface area contributed by atoms with E-state index in [4.69, 9.17) is 10.5 Å². The molecule has 0 aliphatic carbocycles. The van der Waals surface area contributed by atoms with E-state index >= 15 is 0 Å². The number of para-hydroxylation sites is 1. The fourth-order valence-corrected chi connectivity index (χ4v) is 1.74. The van der Waals surface area contributed by atoms with Gasteiger partial charge in [0.25, 0.3) is 6.43 Å². The Kier molecular flexibility index (Phi) is 3.12. The molecule has 0 saturated carbocycles. The van der Waals surface area contributed by atoms with Crippen LogP contribution in [0.25, 0.3) is 11.0 Å². The molecule has 0 unspecified atom stereocenters. The van der Waals surface area contributed by atoms with E-state index in [2.05, 4.69) is 4.98 Å². The summed E-state index contributed by atoms with van der Waals surface area (Å²) in [6.45, 7) is 1.87. The summed E-state index contributed by atoms with van der Waals surface area (Å²) >= 11 is 0. The zero-order valence-electron chi connectivity index (χ0n) is 9.36. The fourth-order valence-electron chi connectivity index (χ4n) is 1.74. The largest absolute Gasteiger partial charge is 0.492 e. The molecular weight excluding hydrogens is 228 g/mol. The summed E-state index contributed by atoms with van der Waals surface area (Å²) in [5.74, 6) is 0.636. The van der Waals surface area contributed by atoms with Crippen LogP contribution in [0.1, 0.15) is 6.92 Å². The predicted molar refractivity (Wildman–Crippen MR) is 61.3 cm³/mol. The number of rotatable bonds is 4. The van der Waals surface area contributed by atoms with Gasteiger partial charge in [0.15, 0.2) is 0 Å². The van der Waals surface area contributed by atoms with Crippen molar-refractivity contribution < 1.29 is 13.5 Å². The molecule has 0 aliphatic rings. The van der Waals surface area contributed by atoms with Crippen LogP contribution in [-0.4, -0.2) is 22.6 Å². The number of hydrogen-bond acceptors (Lipinski definition) is 3. The summed E-state index contributed by atoms with van der Waals surface area (Å²) in [6, 6.07) is 5.17. The maximum atomic E-state index is 12.4. The molecule has 2 aromatic rings. The molecule has 6 heteroatoms. The monoisotopic (exact) mass is 241 g/mol. The number of nitrogens with zero attached hydrogens (tertiary/aromatic N) is 2. The van der Waals surface area contributed by atoms with Gasteiger partial charge in [-0.2, -0.15) is 0 Å². The number of aromatic nitrogens is 2. The molecule has 1 aromatic carbocycles. The van der Waals surface area contributed by atoms with Gasteiger partial charge in [-0.15, -0.1) is 0 Å². The summed E-state index contributed by atoms with van der Waals surface area (Å²) in [5.41, 5.74) is 6.71. The smallest absolute Gasteiger partial charge is 0.256 e. The van der Waals surface area contributed by atoms with Gasteiger partial charge in [0.2, 0.25) is 5.95 Å². The van der Waals surface area contributed by atoms with E-state index in [9.17, 15) is 8.78 Å². The minimum Gasteiger partial charge on any atom is -0.492 e. The van der Waals surface area contributed by atoms with Gasteiger partial charge in [-0.3, -0.25) is 0 Å². The summed E-state index contributed by atoms with van der Waals surface area (Å²) in [4.78, 5) is 4.07. The molecule has 0 radical (unpaired) electrons. The standard InChI is InChI=1S/C11H13F2N3O/c1-2-17-8-5-3-4-7-10(8)15-11(14)16(7)6-9(12)13/h3-5,9H,2,6H2,1H3,(H2,14,15). The van der Waals surface area contributed by atoms with Crippen molar-refractivity contribution in [3.63, 3.8) is 0 Å². The zero-order valence-corrected chi connectivity index (χ0v) is 9.36. The third-order valence-corrected chi connectivity index (χ3v) is 2.39. The van der Waals surface area contributed by atoms with Gasteiger partial charge < -0.3 is 15.0 Å². The molecule has 0 saturated heterocycles. The molecular formula is C11H13F2N3O. The molecule has 1 heterocycles. The van der Waals surface area contributed by atoms with Gasteiger partial charge in [-0.1, -0.05) is 6.07 Å². The molecule has 4 nitrogen and oxygen atoms in total. The first-order valence-corrected chi connectivity index (χ1v) is 5.29. The average Bonchev–Trinajstić information content (AvgIpc) is 2.57. The first-order chi connectivity index (χ1) is 8.13. The minimum atomic E-state index is -2.47. The lowest BCUT2D eigenvalue weighted by Gasteiger charge is -2.06. The van der Waals surface area contributed by atoms with Gasteiger partial charge in [0, 0.05) is 0 Å². The Bertz CT molecular complexity index is 525. The predicted octanol–water partition coefficient (Wildman–Crippen LogP) is 2.28. The van der Waals surface area contributed by atoms with Crippen LogP contribution in [0.3, 0.4) is 0 Å². The van der Waals surface area contributed by atoms with Crippen LogP contribution in [0.5, 0.6) is 5.75 Å². The van der Waals surface area contributed by atoms with Crippen molar-refractivity contribution in [2.45, 2.75) is 19.9 Å². The van der Waals surface area contributed by atoms with E-state index in [0.29, 0.717) is 23.4 Å². The van der Waals surface area contributed by atoms with Gasteiger partial charge in [0.05, 0.1) is 18.7 Å². The molecule has 2 N–H and O–H groups in total. The number of nitrogen functional groups attached to an aromatic ring is 1. The first-order valence-electron chi connectivity index (χ1n) is 5.29. The molecule has 0 fully saturated rings. The van der Waals surface area contributed by atoms with Crippen molar-refractivity contribution in [2.24, 2.45) is 0 Å². The van der Waals surface area contributed by atoms with Crippen molar-refractivity contribution in [1.29, 1.82) is 0 Å². The highest BCUT2D eigenvalue weighted by atomic mass is 19.3. The molecule has 0 atom stereocenters. The van der Waals surface area contributed by atoms with Crippen LogP contribution in [-0.2, 0) is 6.54 Å². The number of ether oxygens (including phenoxy) is 1. The second-order valence-corrected chi connectivity index (χ2v) is 3.53. The van der Waals surface area contributed by atoms with Gasteiger partial charge in [0.1, 0.15) is 11.3 Å². The second-order valence-electron chi connectivity index (χ2n) is 3.53. The highest BCUT2D eigenvalue weighted by Gasteiger charge is 2.15. The number of imidazole rings is 1.